The van der Waals surface area contributed by atoms with Crippen LogP contribution in [0.25, 0.3) is 0 Å². The van der Waals surface area contributed by atoms with E-state index in [2.05, 4.69) is 5.32 Å². The molecule has 4 nitrogen and oxygen atoms in total. The number of nitrogens with zero attached hydrogens (tertiary/aromatic N) is 1. The van der Waals surface area contributed by atoms with Crippen LogP contribution in [0.5, 0.6) is 0 Å². The fourth-order valence-corrected chi connectivity index (χ4v) is 2.33. The molecule has 1 N–H and O–H groups in total. The third-order valence-corrected chi connectivity index (χ3v) is 3.15. The molecule has 14 heavy (non-hydrogen) atoms. The van der Waals surface area contributed by atoms with Crippen molar-refractivity contribution in [3.05, 3.63) is 0 Å². The number of carbonyl (C=O) groups excluding carboxylic acids is 2. The highest BCUT2D eigenvalue weighted by atomic mass is 16.2. The smallest absolute Gasteiger partial charge is 0.325 e. The van der Waals surface area contributed by atoms with E-state index in [0.29, 0.717) is 6.42 Å². The van der Waals surface area contributed by atoms with Gasteiger partial charge in [-0.1, -0.05) is 19.8 Å². The average Bonchev–Trinajstić information content (AvgIpc) is 2.74. The number of carbonyl (C=O) groups is 2. The maximum Gasteiger partial charge on any atom is 0.325 e. The molecule has 1 saturated carbocycles. The summed E-state index contributed by atoms with van der Waals surface area (Å²) in [6.45, 7) is 1.92. The van der Waals surface area contributed by atoms with E-state index >= 15 is 0 Å². The number of amides is 3. The Morgan fingerprint density at radius 2 is 2.00 bits per heavy atom. The lowest BCUT2D eigenvalue weighted by atomic mass is 10.2. The number of hydrogen-bond acceptors (Lipinski definition) is 2. The van der Waals surface area contributed by atoms with Gasteiger partial charge in [-0.25, -0.2) is 4.79 Å². The van der Waals surface area contributed by atoms with Crippen molar-refractivity contribution in [3.8, 4) is 0 Å². The van der Waals surface area contributed by atoms with Crippen molar-refractivity contribution in [1.29, 1.82) is 0 Å². The predicted octanol–water partition coefficient (Wildman–Crippen LogP) is 1.26. The molecule has 1 saturated heterocycles. The largest absolute Gasteiger partial charge is 0.326 e. The lowest BCUT2D eigenvalue weighted by Crippen LogP contribution is -2.39. The van der Waals surface area contributed by atoms with Gasteiger partial charge in [0.15, 0.2) is 0 Å². The summed E-state index contributed by atoms with van der Waals surface area (Å²) in [6.07, 6.45) is 4.93. The summed E-state index contributed by atoms with van der Waals surface area (Å²) in [6, 6.07) is -0.295. The molecular formula is C10H16N2O2. The average molecular weight is 196 g/mol. The number of rotatable bonds is 2. The Hall–Kier alpha value is -1.06. The molecule has 0 aromatic heterocycles. The summed E-state index contributed by atoms with van der Waals surface area (Å²) in [7, 11) is 0. The van der Waals surface area contributed by atoms with Crippen LogP contribution >= 0.6 is 0 Å². The number of urea groups is 1. The lowest BCUT2D eigenvalue weighted by Gasteiger charge is -2.20. The second kappa shape index (κ2) is 3.59. The summed E-state index contributed by atoms with van der Waals surface area (Å²) in [5, 5.41) is 2.72. The Bertz CT molecular complexity index is 259. The molecule has 2 rings (SSSR count). The van der Waals surface area contributed by atoms with Gasteiger partial charge in [-0.15, -0.1) is 0 Å². The quantitative estimate of drug-likeness (QED) is 0.676. The highest BCUT2D eigenvalue weighted by Gasteiger charge is 2.41. The Kier molecular flexibility index (Phi) is 2.44. The molecule has 1 heterocycles. The molecule has 0 spiro atoms. The van der Waals surface area contributed by atoms with Gasteiger partial charge in [0.2, 0.25) is 0 Å². The topological polar surface area (TPSA) is 49.4 Å². The zero-order chi connectivity index (χ0) is 10.1. The first kappa shape index (κ1) is 9.49. The fraction of sp³-hybridized carbons (Fsp3) is 0.800. The van der Waals surface area contributed by atoms with Crippen LogP contribution in [0.2, 0.25) is 0 Å². The van der Waals surface area contributed by atoms with Crippen molar-refractivity contribution in [2.75, 3.05) is 0 Å². The summed E-state index contributed by atoms with van der Waals surface area (Å²) in [5.41, 5.74) is 0. The third-order valence-electron chi connectivity index (χ3n) is 3.15. The van der Waals surface area contributed by atoms with E-state index < -0.39 is 0 Å². The minimum Gasteiger partial charge on any atom is -0.326 e. The normalized spacial score (nSPS) is 28.6. The number of imide groups is 1. The van der Waals surface area contributed by atoms with Crippen LogP contribution in [0.1, 0.15) is 39.0 Å². The van der Waals surface area contributed by atoms with E-state index in [-0.39, 0.29) is 24.0 Å². The third kappa shape index (κ3) is 1.38. The van der Waals surface area contributed by atoms with Crippen molar-refractivity contribution < 1.29 is 9.59 Å². The van der Waals surface area contributed by atoms with Crippen molar-refractivity contribution >= 4 is 11.9 Å². The van der Waals surface area contributed by atoms with Gasteiger partial charge in [-0.3, -0.25) is 9.69 Å². The summed E-state index contributed by atoms with van der Waals surface area (Å²) < 4.78 is 0. The van der Waals surface area contributed by atoms with Gasteiger partial charge in [-0.05, 0) is 19.3 Å². The maximum absolute atomic E-state index is 11.8. The summed E-state index contributed by atoms with van der Waals surface area (Å²) in [5.74, 6) is -0.0237. The molecule has 0 bridgehead atoms. The highest BCUT2D eigenvalue weighted by Crippen LogP contribution is 2.26. The molecule has 1 aliphatic carbocycles. The van der Waals surface area contributed by atoms with Crippen molar-refractivity contribution in [2.24, 2.45) is 0 Å². The number of nitrogens with one attached hydrogen (secondary N) is 1. The minimum absolute atomic E-state index is 0.0237. The molecule has 2 fully saturated rings. The van der Waals surface area contributed by atoms with Crippen molar-refractivity contribution in [1.82, 2.24) is 10.2 Å². The van der Waals surface area contributed by atoms with E-state index in [1.54, 1.807) is 0 Å². The Labute approximate surface area is 83.6 Å². The minimum atomic E-state index is -0.275. The zero-order valence-electron chi connectivity index (χ0n) is 8.45. The van der Waals surface area contributed by atoms with Gasteiger partial charge in [0.25, 0.3) is 5.91 Å². The summed E-state index contributed by atoms with van der Waals surface area (Å²) >= 11 is 0. The summed E-state index contributed by atoms with van der Waals surface area (Å²) in [4.78, 5) is 24.8. The van der Waals surface area contributed by atoms with Crippen LogP contribution in [-0.2, 0) is 4.79 Å². The van der Waals surface area contributed by atoms with Gasteiger partial charge < -0.3 is 5.32 Å². The molecule has 2 aliphatic rings. The molecule has 3 amide bonds. The molecule has 4 heteroatoms. The van der Waals surface area contributed by atoms with Gasteiger partial charge in [-0.2, -0.15) is 0 Å². The first-order valence-corrected chi connectivity index (χ1v) is 5.37. The van der Waals surface area contributed by atoms with Crippen LogP contribution < -0.4 is 5.32 Å². The maximum atomic E-state index is 11.8. The Morgan fingerprint density at radius 3 is 2.50 bits per heavy atom. The first-order valence-electron chi connectivity index (χ1n) is 5.37. The standard InChI is InChI=1S/C10H16N2O2/c1-2-8-9(13)12(10(14)11-8)7-5-3-4-6-7/h7-8H,2-6H2,1H3,(H,11,14). The Balaban J connectivity index is 2.10. The molecule has 1 unspecified atom stereocenters. The lowest BCUT2D eigenvalue weighted by molar-refractivity contribution is -0.129. The van der Waals surface area contributed by atoms with Crippen LogP contribution in [0, 0.1) is 0 Å². The van der Waals surface area contributed by atoms with Crippen molar-refractivity contribution in [2.45, 2.75) is 51.1 Å². The molecule has 0 radical (unpaired) electrons. The molecule has 1 aliphatic heterocycles. The van der Waals surface area contributed by atoms with Gasteiger partial charge >= 0.3 is 6.03 Å². The molecular weight excluding hydrogens is 180 g/mol. The molecule has 0 aromatic rings. The van der Waals surface area contributed by atoms with Crippen LogP contribution in [0.3, 0.4) is 0 Å². The van der Waals surface area contributed by atoms with Crippen LogP contribution in [0.4, 0.5) is 4.79 Å². The van der Waals surface area contributed by atoms with Gasteiger partial charge in [0.1, 0.15) is 6.04 Å². The van der Waals surface area contributed by atoms with E-state index in [1.807, 2.05) is 6.92 Å². The zero-order valence-corrected chi connectivity index (χ0v) is 8.45. The van der Waals surface area contributed by atoms with Gasteiger partial charge in [0.05, 0.1) is 0 Å². The highest BCUT2D eigenvalue weighted by molar-refractivity contribution is 6.04. The van der Waals surface area contributed by atoms with Crippen molar-refractivity contribution in [3.63, 3.8) is 0 Å². The number of hydrogen-bond donors (Lipinski definition) is 1. The van der Waals surface area contributed by atoms with Gasteiger partial charge in [0, 0.05) is 6.04 Å². The van der Waals surface area contributed by atoms with Crippen LogP contribution in [0.15, 0.2) is 0 Å². The SMILES string of the molecule is CCC1NC(=O)N(C2CCCC2)C1=O. The van der Waals surface area contributed by atoms with E-state index in [1.165, 1.54) is 4.90 Å². The molecule has 78 valence electrons. The predicted molar refractivity (Wildman–Crippen MR) is 51.7 cm³/mol. The molecule has 0 aromatic carbocycles. The second-order valence-electron chi connectivity index (χ2n) is 4.06. The van der Waals surface area contributed by atoms with E-state index in [9.17, 15) is 9.59 Å². The molecule has 1 atom stereocenters. The monoisotopic (exact) mass is 196 g/mol. The Morgan fingerprint density at radius 1 is 1.36 bits per heavy atom. The van der Waals surface area contributed by atoms with E-state index in [0.717, 1.165) is 25.7 Å². The van der Waals surface area contributed by atoms with Crippen LogP contribution in [-0.4, -0.2) is 28.9 Å². The first-order chi connectivity index (χ1) is 6.74. The van der Waals surface area contributed by atoms with E-state index in [4.69, 9.17) is 0 Å². The second-order valence-corrected chi connectivity index (χ2v) is 4.06. The fourth-order valence-electron chi connectivity index (χ4n) is 2.33.